The molecule has 0 saturated carbocycles. The Hall–Kier alpha value is -1.52. The topological polar surface area (TPSA) is 53.1 Å². The van der Waals surface area contributed by atoms with Crippen LogP contribution < -0.4 is 10.5 Å². The summed E-state index contributed by atoms with van der Waals surface area (Å²) >= 11 is 6.02. The predicted octanol–water partition coefficient (Wildman–Crippen LogP) is 3.72. The van der Waals surface area contributed by atoms with Gasteiger partial charge in [0, 0.05) is 23.2 Å². The molecule has 1 atom stereocenters. The van der Waals surface area contributed by atoms with Crippen LogP contribution in [0.5, 0.6) is 5.75 Å². The van der Waals surface area contributed by atoms with Crippen LogP contribution in [0.15, 0.2) is 24.3 Å². The maximum atomic E-state index is 6.02. The number of halogens is 1. The summed E-state index contributed by atoms with van der Waals surface area (Å²) in [6.07, 6.45) is 0.923. The van der Waals surface area contributed by atoms with E-state index in [1.54, 1.807) is 0 Å². The summed E-state index contributed by atoms with van der Waals surface area (Å²) in [5.74, 6) is 0.774. The molecule has 2 N–H and O–H groups in total. The maximum Gasteiger partial charge on any atom is 0.130 e. The molecule has 0 aliphatic rings. The van der Waals surface area contributed by atoms with E-state index in [0.717, 1.165) is 35.7 Å². The number of ether oxygens (including phenoxy) is 1. The summed E-state index contributed by atoms with van der Waals surface area (Å²) in [4.78, 5) is 0. The van der Waals surface area contributed by atoms with E-state index < -0.39 is 0 Å². The van der Waals surface area contributed by atoms with E-state index in [0.29, 0.717) is 11.6 Å². The lowest BCUT2D eigenvalue weighted by Crippen LogP contribution is -2.10. The van der Waals surface area contributed by atoms with Crippen LogP contribution in [-0.4, -0.2) is 9.78 Å². The number of aryl methyl sites for hydroxylation is 2. The predicted molar refractivity (Wildman–Crippen MR) is 85.7 cm³/mol. The quantitative estimate of drug-likeness (QED) is 0.885. The Kier molecular flexibility index (Phi) is 5.26. The molecule has 0 bridgehead atoms. The lowest BCUT2D eigenvalue weighted by molar-refractivity contribution is 0.288. The molecule has 0 aliphatic heterocycles. The minimum atomic E-state index is -0.124. The van der Waals surface area contributed by atoms with Crippen molar-refractivity contribution in [1.29, 1.82) is 0 Å². The summed E-state index contributed by atoms with van der Waals surface area (Å²) in [6.45, 7) is 7.40. The zero-order chi connectivity index (χ0) is 15.4. The van der Waals surface area contributed by atoms with Gasteiger partial charge in [-0.1, -0.05) is 18.5 Å². The molecule has 2 aromatic rings. The molecule has 1 unspecified atom stereocenters. The van der Waals surface area contributed by atoms with Crippen LogP contribution in [0.3, 0.4) is 0 Å². The second-order valence-corrected chi connectivity index (χ2v) is 5.49. The van der Waals surface area contributed by atoms with E-state index in [1.807, 2.05) is 29.8 Å². The average molecular weight is 308 g/mol. The maximum absolute atomic E-state index is 6.02. The first-order chi connectivity index (χ1) is 10.0. The highest BCUT2D eigenvalue weighted by Gasteiger charge is 2.11. The normalized spacial score (nSPS) is 12.4. The number of hydrogen-bond acceptors (Lipinski definition) is 3. The lowest BCUT2D eigenvalue weighted by atomic mass is 10.1. The van der Waals surface area contributed by atoms with Crippen molar-refractivity contribution in [3.05, 3.63) is 46.2 Å². The number of benzene rings is 1. The Bertz CT molecular complexity index is 608. The monoisotopic (exact) mass is 307 g/mol. The molecule has 0 saturated heterocycles. The van der Waals surface area contributed by atoms with Gasteiger partial charge in [0.15, 0.2) is 0 Å². The first-order valence-electron chi connectivity index (χ1n) is 7.28. The number of rotatable bonds is 6. The van der Waals surface area contributed by atoms with Crippen LogP contribution in [-0.2, 0) is 19.6 Å². The molecular weight excluding hydrogens is 286 g/mol. The molecule has 2 rings (SSSR count). The summed E-state index contributed by atoms with van der Waals surface area (Å²) in [5, 5.41) is 5.19. The van der Waals surface area contributed by atoms with Crippen molar-refractivity contribution in [1.82, 2.24) is 9.78 Å². The van der Waals surface area contributed by atoms with Gasteiger partial charge in [0.1, 0.15) is 12.4 Å². The number of hydrogen-bond donors (Lipinski definition) is 1. The molecule has 4 nitrogen and oxygen atoms in total. The Labute approximate surface area is 130 Å². The fraction of sp³-hybridized carbons (Fsp3) is 0.438. The van der Waals surface area contributed by atoms with Gasteiger partial charge >= 0.3 is 0 Å². The number of nitrogens with zero attached hydrogens (tertiary/aromatic N) is 2. The Morgan fingerprint density at radius 1 is 1.33 bits per heavy atom. The van der Waals surface area contributed by atoms with Gasteiger partial charge in [0.2, 0.25) is 0 Å². The molecule has 0 fully saturated rings. The molecule has 0 radical (unpaired) electrons. The van der Waals surface area contributed by atoms with Gasteiger partial charge in [0.25, 0.3) is 0 Å². The van der Waals surface area contributed by atoms with E-state index in [2.05, 4.69) is 25.0 Å². The first kappa shape index (κ1) is 15.9. The third-order valence-corrected chi connectivity index (χ3v) is 3.65. The molecule has 1 aromatic carbocycles. The van der Waals surface area contributed by atoms with Gasteiger partial charge in [0.05, 0.1) is 11.4 Å². The zero-order valence-electron chi connectivity index (χ0n) is 12.8. The molecular formula is C16H22ClN3O. The lowest BCUT2D eigenvalue weighted by Gasteiger charge is -2.14. The van der Waals surface area contributed by atoms with Crippen molar-refractivity contribution in [2.24, 2.45) is 5.73 Å². The highest BCUT2D eigenvalue weighted by atomic mass is 35.5. The second kappa shape index (κ2) is 6.96. The van der Waals surface area contributed by atoms with Crippen LogP contribution in [0.2, 0.25) is 5.02 Å². The third-order valence-electron chi connectivity index (χ3n) is 3.41. The Morgan fingerprint density at radius 3 is 2.71 bits per heavy atom. The van der Waals surface area contributed by atoms with Gasteiger partial charge in [-0.2, -0.15) is 5.10 Å². The van der Waals surface area contributed by atoms with E-state index in [-0.39, 0.29) is 6.04 Å². The van der Waals surface area contributed by atoms with E-state index in [9.17, 15) is 0 Å². The SMILES string of the molecule is CCc1cc(COc2ccc(Cl)cc2C(C)N)n(CC)n1. The van der Waals surface area contributed by atoms with Crippen LogP contribution in [0.25, 0.3) is 0 Å². The highest BCUT2D eigenvalue weighted by molar-refractivity contribution is 6.30. The summed E-state index contributed by atoms with van der Waals surface area (Å²) in [6, 6.07) is 7.51. The van der Waals surface area contributed by atoms with E-state index in [4.69, 9.17) is 22.1 Å². The van der Waals surface area contributed by atoms with Gasteiger partial charge < -0.3 is 10.5 Å². The minimum Gasteiger partial charge on any atom is -0.487 e. The van der Waals surface area contributed by atoms with Gasteiger partial charge in [-0.15, -0.1) is 0 Å². The molecule has 1 heterocycles. The fourth-order valence-corrected chi connectivity index (χ4v) is 2.42. The van der Waals surface area contributed by atoms with Crippen LogP contribution in [0.1, 0.15) is 43.8 Å². The standard InChI is InChI=1S/C16H22ClN3O/c1-4-13-9-14(20(5-2)19-13)10-21-16-7-6-12(17)8-15(16)11(3)18/h6-9,11H,4-5,10,18H2,1-3H3. The van der Waals surface area contributed by atoms with Crippen molar-refractivity contribution in [2.75, 3.05) is 0 Å². The first-order valence-corrected chi connectivity index (χ1v) is 7.66. The molecule has 5 heteroatoms. The van der Waals surface area contributed by atoms with Crippen molar-refractivity contribution >= 4 is 11.6 Å². The van der Waals surface area contributed by atoms with Crippen LogP contribution >= 0.6 is 11.6 Å². The smallest absolute Gasteiger partial charge is 0.130 e. The van der Waals surface area contributed by atoms with Gasteiger partial charge in [-0.05, 0) is 44.5 Å². The average Bonchev–Trinajstić information content (AvgIpc) is 2.88. The summed E-state index contributed by atoms with van der Waals surface area (Å²) in [7, 11) is 0. The molecule has 0 spiro atoms. The van der Waals surface area contributed by atoms with Gasteiger partial charge in [-0.25, -0.2) is 0 Å². The molecule has 21 heavy (non-hydrogen) atoms. The van der Waals surface area contributed by atoms with E-state index >= 15 is 0 Å². The van der Waals surface area contributed by atoms with Crippen molar-refractivity contribution in [3.63, 3.8) is 0 Å². The number of nitrogens with two attached hydrogens (primary N) is 1. The summed E-state index contributed by atoms with van der Waals surface area (Å²) < 4.78 is 7.91. The molecule has 0 amide bonds. The van der Waals surface area contributed by atoms with E-state index in [1.165, 1.54) is 0 Å². The largest absolute Gasteiger partial charge is 0.487 e. The third kappa shape index (κ3) is 3.77. The number of aromatic nitrogens is 2. The molecule has 1 aromatic heterocycles. The summed E-state index contributed by atoms with van der Waals surface area (Å²) in [5.41, 5.74) is 9.05. The Balaban J connectivity index is 2.18. The van der Waals surface area contributed by atoms with Gasteiger partial charge in [-0.3, -0.25) is 4.68 Å². The molecule has 114 valence electrons. The van der Waals surface area contributed by atoms with Crippen molar-refractivity contribution in [3.8, 4) is 5.75 Å². The van der Waals surface area contributed by atoms with Crippen LogP contribution in [0, 0.1) is 0 Å². The molecule has 0 aliphatic carbocycles. The highest BCUT2D eigenvalue weighted by Crippen LogP contribution is 2.28. The minimum absolute atomic E-state index is 0.124. The fourth-order valence-electron chi connectivity index (χ4n) is 2.24. The Morgan fingerprint density at radius 2 is 2.10 bits per heavy atom. The second-order valence-electron chi connectivity index (χ2n) is 5.06. The van der Waals surface area contributed by atoms with Crippen molar-refractivity contribution < 1.29 is 4.74 Å². The van der Waals surface area contributed by atoms with Crippen molar-refractivity contribution in [2.45, 2.75) is 46.4 Å². The van der Waals surface area contributed by atoms with Crippen LogP contribution in [0.4, 0.5) is 0 Å². The zero-order valence-corrected chi connectivity index (χ0v) is 13.5.